The molecule has 4 nitrogen and oxygen atoms in total. The minimum Gasteiger partial charge on any atom is -0.377 e. The van der Waals surface area contributed by atoms with Gasteiger partial charge in [0.1, 0.15) is 5.82 Å². The maximum absolute atomic E-state index is 13.8. The predicted molar refractivity (Wildman–Crippen MR) is 83.3 cm³/mol. The van der Waals surface area contributed by atoms with Crippen molar-refractivity contribution in [2.45, 2.75) is 13.0 Å². The third-order valence-corrected chi connectivity index (χ3v) is 3.56. The van der Waals surface area contributed by atoms with Crippen LogP contribution < -0.4 is 10.0 Å². The molecule has 0 aliphatic carbocycles. The number of anilines is 2. The van der Waals surface area contributed by atoms with Gasteiger partial charge in [0.05, 0.1) is 23.7 Å². The standard InChI is InChI=1S/C15H17FN2O2S/c1-11(12-7-3-4-8-13(12)16)17-14-9-5-6-10-15(14)18-21(2,19)20/h3-11,17-18H,1-2H3. The molecule has 0 aliphatic rings. The second kappa shape index (κ2) is 6.13. The van der Waals surface area contributed by atoms with Crippen molar-refractivity contribution < 1.29 is 12.8 Å². The van der Waals surface area contributed by atoms with Crippen molar-refractivity contribution in [1.29, 1.82) is 0 Å². The summed E-state index contributed by atoms with van der Waals surface area (Å²) in [5, 5.41) is 3.12. The molecule has 21 heavy (non-hydrogen) atoms. The number of rotatable bonds is 5. The van der Waals surface area contributed by atoms with Gasteiger partial charge in [-0.2, -0.15) is 0 Å². The van der Waals surface area contributed by atoms with Gasteiger partial charge >= 0.3 is 0 Å². The number of hydrogen-bond acceptors (Lipinski definition) is 3. The molecule has 0 heterocycles. The highest BCUT2D eigenvalue weighted by Crippen LogP contribution is 2.27. The number of halogens is 1. The molecule has 1 atom stereocenters. The molecule has 1 unspecified atom stereocenters. The molecule has 0 saturated heterocycles. The minimum atomic E-state index is -3.37. The van der Waals surface area contributed by atoms with E-state index in [1.807, 2.05) is 6.92 Å². The fourth-order valence-electron chi connectivity index (χ4n) is 2.03. The van der Waals surface area contributed by atoms with E-state index in [0.717, 1.165) is 6.26 Å². The molecule has 0 amide bonds. The van der Waals surface area contributed by atoms with Gasteiger partial charge in [-0.15, -0.1) is 0 Å². The summed E-state index contributed by atoms with van der Waals surface area (Å²) in [5.74, 6) is -0.300. The van der Waals surface area contributed by atoms with E-state index in [9.17, 15) is 12.8 Å². The van der Waals surface area contributed by atoms with Gasteiger partial charge in [-0.05, 0) is 25.1 Å². The van der Waals surface area contributed by atoms with E-state index in [4.69, 9.17) is 0 Å². The Bertz CT molecular complexity index is 732. The quantitative estimate of drug-likeness (QED) is 0.890. The molecule has 112 valence electrons. The van der Waals surface area contributed by atoms with Gasteiger partial charge in [-0.25, -0.2) is 12.8 Å². The van der Waals surface area contributed by atoms with E-state index < -0.39 is 10.0 Å². The molecule has 2 aromatic rings. The van der Waals surface area contributed by atoms with Gasteiger partial charge in [-0.3, -0.25) is 4.72 Å². The SMILES string of the molecule is CC(Nc1ccccc1NS(C)(=O)=O)c1ccccc1F. The molecule has 0 saturated carbocycles. The highest BCUT2D eigenvalue weighted by atomic mass is 32.2. The van der Waals surface area contributed by atoms with Crippen molar-refractivity contribution in [2.75, 3.05) is 16.3 Å². The van der Waals surface area contributed by atoms with Crippen LogP contribution in [-0.4, -0.2) is 14.7 Å². The zero-order valence-electron chi connectivity index (χ0n) is 11.8. The summed E-state index contributed by atoms with van der Waals surface area (Å²) in [6.45, 7) is 1.82. The number of hydrogen-bond donors (Lipinski definition) is 2. The zero-order valence-corrected chi connectivity index (χ0v) is 12.6. The van der Waals surface area contributed by atoms with Gasteiger partial charge in [0.15, 0.2) is 0 Å². The Balaban J connectivity index is 2.26. The molecular weight excluding hydrogens is 291 g/mol. The lowest BCUT2D eigenvalue weighted by atomic mass is 10.1. The molecule has 0 radical (unpaired) electrons. The predicted octanol–water partition coefficient (Wildman–Crippen LogP) is 3.37. The lowest BCUT2D eigenvalue weighted by Crippen LogP contribution is -2.14. The maximum atomic E-state index is 13.8. The number of benzene rings is 2. The molecule has 0 aliphatic heterocycles. The first-order chi connectivity index (χ1) is 9.87. The summed E-state index contributed by atoms with van der Waals surface area (Å²) in [4.78, 5) is 0. The van der Waals surface area contributed by atoms with Gasteiger partial charge in [0.2, 0.25) is 10.0 Å². The van der Waals surface area contributed by atoms with Crippen LogP contribution in [0.3, 0.4) is 0 Å². The molecule has 0 bridgehead atoms. The molecule has 6 heteroatoms. The van der Waals surface area contributed by atoms with Crippen molar-refractivity contribution in [1.82, 2.24) is 0 Å². The summed E-state index contributed by atoms with van der Waals surface area (Å²) in [7, 11) is -3.37. The molecule has 0 spiro atoms. The van der Waals surface area contributed by atoms with Crippen LogP contribution in [0.1, 0.15) is 18.5 Å². The smallest absolute Gasteiger partial charge is 0.229 e. The summed E-state index contributed by atoms with van der Waals surface area (Å²) in [6.07, 6.45) is 1.09. The molecule has 0 aromatic heterocycles. The van der Waals surface area contributed by atoms with Gasteiger partial charge in [-0.1, -0.05) is 30.3 Å². The van der Waals surface area contributed by atoms with Crippen LogP contribution in [0.5, 0.6) is 0 Å². The van der Waals surface area contributed by atoms with Crippen LogP contribution in [0.15, 0.2) is 48.5 Å². The van der Waals surface area contributed by atoms with E-state index >= 15 is 0 Å². The summed E-state index contributed by atoms with van der Waals surface area (Å²) < 4.78 is 38.9. The first kappa shape index (κ1) is 15.3. The second-order valence-electron chi connectivity index (χ2n) is 4.81. The van der Waals surface area contributed by atoms with Crippen LogP contribution >= 0.6 is 0 Å². The Morgan fingerprint density at radius 1 is 1.00 bits per heavy atom. The summed E-state index contributed by atoms with van der Waals surface area (Å²) in [6, 6.07) is 13.1. The fraction of sp³-hybridized carbons (Fsp3) is 0.200. The van der Waals surface area contributed by atoms with Crippen molar-refractivity contribution in [3.8, 4) is 0 Å². The average molecular weight is 308 g/mol. The molecule has 2 rings (SSSR count). The van der Waals surface area contributed by atoms with Crippen LogP contribution in [0, 0.1) is 5.82 Å². The van der Waals surface area contributed by atoms with Crippen molar-refractivity contribution in [3.05, 3.63) is 59.9 Å². The zero-order chi connectivity index (χ0) is 15.5. The van der Waals surface area contributed by atoms with E-state index in [2.05, 4.69) is 10.0 Å². The van der Waals surface area contributed by atoms with E-state index in [1.54, 1.807) is 42.5 Å². The normalized spacial score (nSPS) is 12.7. The van der Waals surface area contributed by atoms with Crippen LogP contribution in [0.4, 0.5) is 15.8 Å². The molecule has 0 fully saturated rings. The summed E-state index contributed by atoms with van der Waals surface area (Å²) in [5.41, 5.74) is 1.55. The highest BCUT2D eigenvalue weighted by Gasteiger charge is 2.13. The van der Waals surface area contributed by atoms with Crippen LogP contribution in [0.2, 0.25) is 0 Å². The first-order valence-electron chi connectivity index (χ1n) is 6.44. The van der Waals surface area contributed by atoms with Gasteiger partial charge < -0.3 is 5.32 Å². The Kier molecular flexibility index (Phi) is 4.47. The number of nitrogens with one attached hydrogen (secondary N) is 2. The van der Waals surface area contributed by atoms with Crippen LogP contribution in [-0.2, 0) is 10.0 Å². The largest absolute Gasteiger partial charge is 0.377 e. The minimum absolute atomic E-state index is 0.297. The lowest BCUT2D eigenvalue weighted by Gasteiger charge is -2.19. The van der Waals surface area contributed by atoms with Crippen molar-refractivity contribution in [2.24, 2.45) is 0 Å². The van der Waals surface area contributed by atoms with Crippen LogP contribution in [0.25, 0.3) is 0 Å². The Labute approximate surface area is 124 Å². The lowest BCUT2D eigenvalue weighted by molar-refractivity contribution is 0.600. The molecule has 2 aromatic carbocycles. The second-order valence-corrected chi connectivity index (χ2v) is 6.56. The Hall–Kier alpha value is -2.08. The summed E-state index contributed by atoms with van der Waals surface area (Å²) >= 11 is 0. The maximum Gasteiger partial charge on any atom is 0.229 e. The highest BCUT2D eigenvalue weighted by molar-refractivity contribution is 7.92. The fourth-order valence-corrected chi connectivity index (χ4v) is 2.61. The number of sulfonamides is 1. The third kappa shape index (κ3) is 4.19. The Morgan fingerprint density at radius 2 is 1.57 bits per heavy atom. The average Bonchev–Trinajstić information content (AvgIpc) is 2.40. The van der Waals surface area contributed by atoms with E-state index in [-0.39, 0.29) is 11.9 Å². The topological polar surface area (TPSA) is 58.2 Å². The van der Waals surface area contributed by atoms with Gasteiger partial charge in [0.25, 0.3) is 0 Å². The van der Waals surface area contributed by atoms with Gasteiger partial charge in [0, 0.05) is 5.56 Å². The molecular formula is C15H17FN2O2S. The molecule has 2 N–H and O–H groups in total. The van der Waals surface area contributed by atoms with Crippen molar-refractivity contribution in [3.63, 3.8) is 0 Å². The third-order valence-electron chi connectivity index (χ3n) is 2.97. The first-order valence-corrected chi connectivity index (χ1v) is 8.34. The van der Waals surface area contributed by atoms with E-state index in [0.29, 0.717) is 16.9 Å². The Morgan fingerprint density at radius 3 is 2.19 bits per heavy atom. The number of para-hydroxylation sites is 2. The van der Waals surface area contributed by atoms with E-state index in [1.165, 1.54) is 6.07 Å². The van der Waals surface area contributed by atoms with Crippen molar-refractivity contribution >= 4 is 21.4 Å². The monoisotopic (exact) mass is 308 g/mol.